The smallest absolute Gasteiger partial charge is 0.226 e. The fourth-order valence-electron chi connectivity index (χ4n) is 3.20. The van der Waals surface area contributed by atoms with Crippen LogP contribution in [-0.4, -0.2) is 43.6 Å². The fraction of sp³-hybridized carbons (Fsp3) is 0.611. The minimum absolute atomic E-state index is 0.194. The van der Waals surface area contributed by atoms with Crippen LogP contribution in [0.15, 0.2) is 24.3 Å². The number of piperidine rings is 1. The van der Waals surface area contributed by atoms with Gasteiger partial charge < -0.3 is 15.0 Å². The molecule has 1 aromatic rings. The van der Waals surface area contributed by atoms with Gasteiger partial charge in [-0.05, 0) is 63.9 Å². The third-order valence-corrected chi connectivity index (χ3v) is 4.53. The summed E-state index contributed by atoms with van der Waals surface area (Å²) < 4.78 is 5.19. The highest BCUT2D eigenvalue weighted by Crippen LogP contribution is 2.19. The molecule has 0 aliphatic carbocycles. The number of nitrogens with one attached hydrogen (secondary N) is 1. The largest absolute Gasteiger partial charge is 0.497 e. The highest BCUT2D eigenvalue weighted by molar-refractivity contribution is 5.79. The first-order valence-electron chi connectivity index (χ1n) is 8.29. The summed E-state index contributed by atoms with van der Waals surface area (Å²) in [4.78, 5) is 14.8. The Morgan fingerprint density at radius 1 is 1.32 bits per heavy atom. The van der Waals surface area contributed by atoms with Crippen molar-refractivity contribution in [3.8, 4) is 5.75 Å². The molecule has 1 saturated heterocycles. The molecule has 1 unspecified atom stereocenters. The maximum atomic E-state index is 12.7. The number of rotatable bonds is 6. The molecule has 1 fully saturated rings. The molecule has 4 heteroatoms. The molecule has 0 radical (unpaired) electrons. The lowest BCUT2D eigenvalue weighted by Crippen LogP contribution is -2.45. The summed E-state index contributed by atoms with van der Waals surface area (Å²) in [6, 6.07) is 8.34. The van der Waals surface area contributed by atoms with Gasteiger partial charge in [0.05, 0.1) is 7.11 Å². The van der Waals surface area contributed by atoms with E-state index in [0.717, 1.165) is 44.6 Å². The normalized spacial score (nSPS) is 17.0. The number of likely N-dealkylation sites (N-methyl/N-ethyl adjacent to an activating group) is 1. The zero-order valence-corrected chi connectivity index (χ0v) is 14.0. The van der Waals surface area contributed by atoms with Gasteiger partial charge in [-0.1, -0.05) is 12.1 Å². The number of benzene rings is 1. The van der Waals surface area contributed by atoms with Crippen LogP contribution in [0.2, 0.25) is 0 Å². The van der Waals surface area contributed by atoms with E-state index in [1.807, 2.05) is 17.0 Å². The van der Waals surface area contributed by atoms with Crippen LogP contribution in [0, 0.1) is 5.92 Å². The first-order chi connectivity index (χ1) is 10.7. The van der Waals surface area contributed by atoms with Crippen LogP contribution in [0.5, 0.6) is 5.75 Å². The van der Waals surface area contributed by atoms with E-state index in [-0.39, 0.29) is 12.0 Å². The van der Waals surface area contributed by atoms with Crippen molar-refractivity contribution >= 4 is 5.91 Å². The second-order valence-corrected chi connectivity index (χ2v) is 6.05. The molecule has 1 N–H and O–H groups in total. The summed E-state index contributed by atoms with van der Waals surface area (Å²) in [6.45, 7) is 6.91. The molecule has 122 valence electrons. The number of hydrogen-bond acceptors (Lipinski definition) is 3. The average molecular weight is 304 g/mol. The molecule has 0 bridgehead atoms. The third kappa shape index (κ3) is 4.23. The second kappa shape index (κ2) is 8.18. The van der Waals surface area contributed by atoms with Crippen LogP contribution in [0.3, 0.4) is 0 Å². The van der Waals surface area contributed by atoms with Gasteiger partial charge in [-0.2, -0.15) is 0 Å². The van der Waals surface area contributed by atoms with Crippen molar-refractivity contribution in [2.75, 3.05) is 26.7 Å². The molecular weight excluding hydrogens is 276 g/mol. The van der Waals surface area contributed by atoms with E-state index in [0.29, 0.717) is 5.91 Å². The number of carbonyl (C=O) groups is 1. The number of ether oxygens (including phenoxy) is 1. The lowest BCUT2D eigenvalue weighted by Gasteiger charge is -2.33. The molecule has 0 spiro atoms. The third-order valence-electron chi connectivity index (χ3n) is 4.53. The Morgan fingerprint density at radius 3 is 2.50 bits per heavy atom. The monoisotopic (exact) mass is 304 g/mol. The predicted octanol–water partition coefficient (Wildman–Crippen LogP) is 2.47. The molecule has 0 saturated carbocycles. The molecule has 4 nitrogen and oxygen atoms in total. The van der Waals surface area contributed by atoms with Crippen LogP contribution < -0.4 is 10.1 Å². The zero-order valence-electron chi connectivity index (χ0n) is 14.0. The summed E-state index contributed by atoms with van der Waals surface area (Å²) in [7, 11) is 1.67. The van der Waals surface area contributed by atoms with Crippen molar-refractivity contribution in [2.45, 2.75) is 39.2 Å². The first-order valence-corrected chi connectivity index (χ1v) is 8.29. The predicted molar refractivity (Wildman–Crippen MR) is 89.1 cm³/mol. The van der Waals surface area contributed by atoms with Crippen molar-refractivity contribution in [3.63, 3.8) is 0 Å². The van der Waals surface area contributed by atoms with E-state index in [1.54, 1.807) is 7.11 Å². The number of carbonyl (C=O) groups excluding carboxylic acids is 1. The number of amides is 1. The Bertz CT molecular complexity index is 466. The van der Waals surface area contributed by atoms with E-state index in [4.69, 9.17) is 4.74 Å². The molecule has 1 aromatic carbocycles. The molecule has 1 aliphatic heterocycles. The standard InChI is InChI=1S/C18H28N2O2/c1-4-20(18(21)16-9-11-19-12-10-16)14(2)13-15-5-7-17(22-3)8-6-15/h5-8,14,16,19H,4,9-13H2,1-3H3. The molecular formula is C18H28N2O2. The summed E-state index contributed by atoms with van der Waals surface area (Å²) in [5.41, 5.74) is 1.24. The van der Waals surface area contributed by atoms with Gasteiger partial charge in [0, 0.05) is 18.5 Å². The summed E-state index contributed by atoms with van der Waals surface area (Å²) in [5.74, 6) is 1.39. The number of methoxy groups -OCH3 is 1. The zero-order chi connectivity index (χ0) is 15.9. The Hall–Kier alpha value is -1.55. The molecule has 22 heavy (non-hydrogen) atoms. The second-order valence-electron chi connectivity index (χ2n) is 6.05. The molecule has 1 amide bonds. The Labute approximate surface area is 133 Å². The highest BCUT2D eigenvalue weighted by Gasteiger charge is 2.27. The average Bonchev–Trinajstić information content (AvgIpc) is 2.57. The Morgan fingerprint density at radius 2 is 1.95 bits per heavy atom. The molecule has 1 aliphatic rings. The summed E-state index contributed by atoms with van der Waals surface area (Å²) in [5, 5.41) is 3.32. The lowest BCUT2D eigenvalue weighted by atomic mass is 9.95. The minimum Gasteiger partial charge on any atom is -0.497 e. The van der Waals surface area contributed by atoms with E-state index in [1.165, 1.54) is 5.56 Å². The number of nitrogens with zero attached hydrogens (tertiary/aromatic N) is 1. The van der Waals surface area contributed by atoms with Crippen molar-refractivity contribution in [3.05, 3.63) is 29.8 Å². The van der Waals surface area contributed by atoms with Gasteiger partial charge in [0.15, 0.2) is 0 Å². The van der Waals surface area contributed by atoms with Gasteiger partial charge in [-0.3, -0.25) is 4.79 Å². The van der Waals surface area contributed by atoms with Crippen LogP contribution in [0.4, 0.5) is 0 Å². The minimum atomic E-state index is 0.194. The molecule has 0 aromatic heterocycles. The quantitative estimate of drug-likeness (QED) is 0.878. The van der Waals surface area contributed by atoms with Gasteiger partial charge >= 0.3 is 0 Å². The van der Waals surface area contributed by atoms with E-state index in [9.17, 15) is 4.79 Å². The first kappa shape index (κ1) is 16.8. The van der Waals surface area contributed by atoms with Crippen molar-refractivity contribution in [1.29, 1.82) is 0 Å². The van der Waals surface area contributed by atoms with Crippen LogP contribution >= 0.6 is 0 Å². The molecule has 2 rings (SSSR count). The molecule has 1 atom stereocenters. The van der Waals surface area contributed by atoms with Gasteiger partial charge in [-0.15, -0.1) is 0 Å². The van der Waals surface area contributed by atoms with Crippen molar-refractivity contribution < 1.29 is 9.53 Å². The van der Waals surface area contributed by atoms with Crippen LogP contribution in [0.25, 0.3) is 0 Å². The maximum absolute atomic E-state index is 12.7. The SMILES string of the molecule is CCN(C(=O)C1CCNCC1)C(C)Cc1ccc(OC)cc1. The van der Waals surface area contributed by atoms with Crippen molar-refractivity contribution in [1.82, 2.24) is 10.2 Å². The topological polar surface area (TPSA) is 41.6 Å². The molecule has 1 heterocycles. The van der Waals surface area contributed by atoms with Gasteiger partial charge in [0.2, 0.25) is 5.91 Å². The number of hydrogen-bond donors (Lipinski definition) is 1. The van der Waals surface area contributed by atoms with E-state index < -0.39 is 0 Å². The van der Waals surface area contributed by atoms with Gasteiger partial charge in [-0.25, -0.2) is 0 Å². The van der Waals surface area contributed by atoms with Crippen LogP contribution in [-0.2, 0) is 11.2 Å². The Kier molecular flexibility index (Phi) is 6.25. The Balaban J connectivity index is 1.97. The van der Waals surface area contributed by atoms with E-state index in [2.05, 4.69) is 31.3 Å². The van der Waals surface area contributed by atoms with Gasteiger partial charge in [0.25, 0.3) is 0 Å². The van der Waals surface area contributed by atoms with Crippen LogP contribution in [0.1, 0.15) is 32.3 Å². The highest BCUT2D eigenvalue weighted by atomic mass is 16.5. The fourth-order valence-corrected chi connectivity index (χ4v) is 3.20. The maximum Gasteiger partial charge on any atom is 0.226 e. The summed E-state index contributed by atoms with van der Waals surface area (Å²) in [6.07, 6.45) is 2.81. The van der Waals surface area contributed by atoms with Gasteiger partial charge in [0.1, 0.15) is 5.75 Å². The van der Waals surface area contributed by atoms with E-state index >= 15 is 0 Å². The summed E-state index contributed by atoms with van der Waals surface area (Å²) >= 11 is 0. The lowest BCUT2D eigenvalue weighted by molar-refractivity contribution is -0.138. The van der Waals surface area contributed by atoms with Crippen molar-refractivity contribution in [2.24, 2.45) is 5.92 Å².